The molecule has 6 heteroatoms. The average molecular weight is 371 g/mol. The van der Waals surface area contributed by atoms with Crippen LogP contribution >= 0.6 is 27.9 Å². The van der Waals surface area contributed by atoms with E-state index in [0.29, 0.717) is 6.04 Å². The normalized spacial score (nSPS) is 23.5. The Hall–Kier alpha value is -0.460. The van der Waals surface area contributed by atoms with Gasteiger partial charge in [0.1, 0.15) is 0 Å². The van der Waals surface area contributed by atoms with Gasteiger partial charge >= 0.3 is 0 Å². The Labute approximate surface area is 139 Å². The van der Waals surface area contributed by atoms with E-state index in [4.69, 9.17) is 0 Å². The van der Waals surface area contributed by atoms with Crippen molar-refractivity contribution in [3.05, 3.63) is 16.7 Å². The third-order valence-corrected chi connectivity index (χ3v) is 5.27. The van der Waals surface area contributed by atoms with Gasteiger partial charge in [-0.3, -0.25) is 4.90 Å². The second-order valence-electron chi connectivity index (χ2n) is 5.82. The van der Waals surface area contributed by atoms with E-state index in [2.05, 4.69) is 41.5 Å². The number of rotatable bonds is 4. The molecule has 2 aliphatic heterocycles. The van der Waals surface area contributed by atoms with Gasteiger partial charge < -0.3 is 9.62 Å². The maximum Gasteiger partial charge on any atom is 0.152 e. The maximum absolute atomic E-state index is 4.64. The summed E-state index contributed by atoms with van der Waals surface area (Å²) in [7, 11) is 0. The largest absolute Gasteiger partial charge is 0.353 e. The summed E-state index contributed by atoms with van der Waals surface area (Å²) in [6.45, 7) is 4.78. The number of aromatic nitrogens is 1. The fourth-order valence-corrected chi connectivity index (χ4v) is 4.09. The van der Waals surface area contributed by atoms with Gasteiger partial charge in [0.25, 0.3) is 0 Å². The zero-order valence-corrected chi connectivity index (χ0v) is 14.9. The highest BCUT2D eigenvalue weighted by atomic mass is 79.9. The molecule has 0 saturated carbocycles. The van der Waals surface area contributed by atoms with Crippen molar-refractivity contribution in [2.45, 2.75) is 31.7 Å². The predicted octanol–water partition coefficient (Wildman–Crippen LogP) is 3.60. The highest BCUT2D eigenvalue weighted by Gasteiger charge is 2.30. The molecular weight excluding hydrogens is 348 g/mol. The molecule has 0 radical (unpaired) electrons. The number of halogens is 1. The van der Waals surface area contributed by atoms with Crippen LogP contribution in [0.25, 0.3) is 0 Å². The second kappa shape index (κ2) is 7.20. The molecule has 0 aliphatic carbocycles. The van der Waals surface area contributed by atoms with E-state index < -0.39 is 0 Å². The topological polar surface area (TPSA) is 31.4 Å². The molecule has 2 saturated heterocycles. The summed E-state index contributed by atoms with van der Waals surface area (Å²) in [6.07, 6.45) is 9.35. The third kappa shape index (κ3) is 3.66. The molecule has 3 rings (SSSR count). The summed E-state index contributed by atoms with van der Waals surface area (Å²) in [6, 6.07) is 2.82. The smallest absolute Gasteiger partial charge is 0.152 e. The van der Waals surface area contributed by atoms with Crippen molar-refractivity contribution in [2.75, 3.05) is 42.1 Å². The molecule has 2 aliphatic rings. The minimum absolute atomic E-state index is 0.706. The molecule has 0 spiro atoms. The SMILES string of the molecule is CSNc1cc(Br)cnc1N1CCC(N2CCCCC2)C1. The summed E-state index contributed by atoms with van der Waals surface area (Å²) >= 11 is 5.13. The predicted molar refractivity (Wildman–Crippen MR) is 95.1 cm³/mol. The van der Waals surface area contributed by atoms with E-state index in [0.717, 1.165) is 29.1 Å². The van der Waals surface area contributed by atoms with Gasteiger partial charge in [-0.15, -0.1) is 0 Å². The molecule has 21 heavy (non-hydrogen) atoms. The third-order valence-electron chi connectivity index (χ3n) is 4.42. The zero-order chi connectivity index (χ0) is 14.7. The Balaban J connectivity index is 1.70. The molecule has 0 amide bonds. The van der Waals surface area contributed by atoms with Crippen molar-refractivity contribution < 1.29 is 0 Å². The van der Waals surface area contributed by atoms with Gasteiger partial charge in [-0.2, -0.15) is 0 Å². The van der Waals surface area contributed by atoms with Crippen molar-refractivity contribution >= 4 is 39.4 Å². The van der Waals surface area contributed by atoms with Crippen LogP contribution in [-0.2, 0) is 0 Å². The van der Waals surface area contributed by atoms with Crippen molar-refractivity contribution in [2.24, 2.45) is 0 Å². The van der Waals surface area contributed by atoms with Crippen LogP contribution in [0.4, 0.5) is 11.5 Å². The van der Waals surface area contributed by atoms with Crippen LogP contribution in [0.1, 0.15) is 25.7 Å². The molecule has 1 aromatic rings. The van der Waals surface area contributed by atoms with Crippen LogP contribution in [-0.4, -0.2) is 48.4 Å². The minimum Gasteiger partial charge on any atom is -0.353 e. The van der Waals surface area contributed by atoms with E-state index >= 15 is 0 Å². The van der Waals surface area contributed by atoms with Crippen LogP contribution in [0.3, 0.4) is 0 Å². The van der Waals surface area contributed by atoms with E-state index in [-0.39, 0.29) is 0 Å². The minimum atomic E-state index is 0.706. The highest BCUT2D eigenvalue weighted by Crippen LogP contribution is 2.32. The molecule has 1 unspecified atom stereocenters. The van der Waals surface area contributed by atoms with E-state index in [1.165, 1.54) is 38.8 Å². The Bertz CT molecular complexity index is 479. The molecule has 4 nitrogen and oxygen atoms in total. The number of hydrogen-bond donors (Lipinski definition) is 1. The first kappa shape index (κ1) is 15.4. The molecule has 3 heterocycles. The van der Waals surface area contributed by atoms with Gasteiger partial charge in [-0.1, -0.05) is 18.4 Å². The fraction of sp³-hybridized carbons (Fsp3) is 0.667. The van der Waals surface area contributed by atoms with Gasteiger partial charge in [-0.25, -0.2) is 4.98 Å². The number of piperidine rings is 1. The molecule has 1 N–H and O–H groups in total. The number of nitrogens with zero attached hydrogens (tertiary/aromatic N) is 3. The Morgan fingerprint density at radius 2 is 2.10 bits per heavy atom. The number of pyridine rings is 1. The first-order chi connectivity index (χ1) is 10.3. The van der Waals surface area contributed by atoms with Crippen molar-refractivity contribution in [3.63, 3.8) is 0 Å². The number of anilines is 2. The maximum atomic E-state index is 4.64. The van der Waals surface area contributed by atoms with Crippen LogP contribution < -0.4 is 9.62 Å². The Morgan fingerprint density at radius 1 is 1.29 bits per heavy atom. The van der Waals surface area contributed by atoms with Crippen LogP contribution in [0.5, 0.6) is 0 Å². The first-order valence-electron chi connectivity index (χ1n) is 7.71. The molecule has 0 aromatic carbocycles. The molecule has 1 aromatic heterocycles. The summed E-state index contributed by atoms with van der Waals surface area (Å²) in [5.74, 6) is 1.09. The quantitative estimate of drug-likeness (QED) is 0.818. The number of likely N-dealkylation sites (tertiary alicyclic amines) is 1. The van der Waals surface area contributed by atoms with Crippen LogP contribution in [0.15, 0.2) is 16.7 Å². The lowest BCUT2D eigenvalue weighted by Gasteiger charge is -2.32. The van der Waals surface area contributed by atoms with Crippen LogP contribution in [0.2, 0.25) is 0 Å². The monoisotopic (exact) mass is 370 g/mol. The average Bonchev–Trinajstić information content (AvgIpc) is 2.98. The van der Waals surface area contributed by atoms with Gasteiger partial charge in [0.2, 0.25) is 0 Å². The molecule has 2 fully saturated rings. The van der Waals surface area contributed by atoms with Gasteiger partial charge in [0, 0.05) is 36.1 Å². The number of hydrogen-bond acceptors (Lipinski definition) is 5. The second-order valence-corrected chi connectivity index (χ2v) is 7.34. The Morgan fingerprint density at radius 3 is 2.86 bits per heavy atom. The van der Waals surface area contributed by atoms with Crippen molar-refractivity contribution in [3.8, 4) is 0 Å². The van der Waals surface area contributed by atoms with Gasteiger partial charge in [0.15, 0.2) is 5.82 Å². The van der Waals surface area contributed by atoms with Gasteiger partial charge in [0.05, 0.1) is 5.69 Å². The standard InChI is InChI=1S/C15H23BrN4S/c1-21-18-14-9-12(16)10-17-15(14)20-8-5-13(11-20)19-6-3-2-4-7-19/h9-10,13,18H,2-8,11H2,1H3. The summed E-state index contributed by atoms with van der Waals surface area (Å²) in [4.78, 5) is 9.76. The fourth-order valence-electron chi connectivity index (χ4n) is 3.38. The van der Waals surface area contributed by atoms with Crippen LogP contribution in [0, 0.1) is 0 Å². The van der Waals surface area contributed by atoms with E-state index in [1.54, 1.807) is 11.9 Å². The molecular formula is C15H23BrN4S. The molecule has 1 atom stereocenters. The lowest BCUT2D eigenvalue weighted by Crippen LogP contribution is -2.41. The van der Waals surface area contributed by atoms with Gasteiger partial charge in [-0.05, 0) is 54.3 Å². The summed E-state index contributed by atoms with van der Waals surface area (Å²) in [5.41, 5.74) is 1.11. The molecule has 116 valence electrons. The summed E-state index contributed by atoms with van der Waals surface area (Å²) in [5, 5.41) is 0. The highest BCUT2D eigenvalue weighted by molar-refractivity contribution is 9.10. The Kier molecular flexibility index (Phi) is 5.29. The summed E-state index contributed by atoms with van der Waals surface area (Å²) < 4.78 is 4.38. The molecule has 0 bridgehead atoms. The van der Waals surface area contributed by atoms with E-state index in [9.17, 15) is 0 Å². The van der Waals surface area contributed by atoms with Crippen molar-refractivity contribution in [1.29, 1.82) is 0 Å². The zero-order valence-electron chi connectivity index (χ0n) is 12.5. The lowest BCUT2D eigenvalue weighted by atomic mass is 10.1. The first-order valence-corrected chi connectivity index (χ1v) is 9.73. The lowest BCUT2D eigenvalue weighted by molar-refractivity contribution is 0.175. The van der Waals surface area contributed by atoms with Crippen molar-refractivity contribution in [1.82, 2.24) is 9.88 Å². The number of nitrogens with one attached hydrogen (secondary N) is 1. The van der Waals surface area contributed by atoms with E-state index in [1.807, 2.05) is 12.5 Å².